The van der Waals surface area contributed by atoms with E-state index in [1.54, 1.807) is 30.8 Å². The zero-order chi connectivity index (χ0) is 16.0. The summed E-state index contributed by atoms with van der Waals surface area (Å²) in [6, 6.07) is 4.93. The van der Waals surface area contributed by atoms with Crippen LogP contribution in [-0.4, -0.2) is 44.2 Å². The summed E-state index contributed by atoms with van der Waals surface area (Å²) >= 11 is 1.70. The Morgan fingerprint density at radius 1 is 1.33 bits per heavy atom. The van der Waals surface area contributed by atoms with Crippen molar-refractivity contribution in [2.75, 3.05) is 30.9 Å². The number of anilines is 1. The average molecular weight is 330 g/mol. The van der Waals surface area contributed by atoms with E-state index in [9.17, 15) is 13.2 Å². The minimum atomic E-state index is -3.51. The van der Waals surface area contributed by atoms with Crippen molar-refractivity contribution in [3.63, 3.8) is 0 Å². The third-order valence-electron chi connectivity index (χ3n) is 2.91. The second-order valence-electron chi connectivity index (χ2n) is 4.76. The van der Waals surface area contributed by atoms with Gasteiger partial charge in [-0.1, -0.05) is 13.0 Å². The van der Waals surface area contributed by atoms with Gasteiger partial charge in [0.15, 0.2) is 0 Å². The van der Waals surface area contributed by atoms with Crippen LogP contribution < -0.4 is 5.32 Å². The molecule has 0 spiro atoms. The first-order valence-corrected chi connectivity index (χ1v) is 9.29. The second kappa shape index (κ2) is 7.82. The third kappa shape index (κ3) is 5.01. The van der Waals surface area contributed by atoms with E-state index in [1.165, 1.54) is 24.5 Å². The first-order valence-electron chi connectivity index (χ1n) is 6.69. The molecule has 0 aliphatic carbocycles. The molecule has 1 rings (SSSR count). The van der Waals surface area contributed by atoms with Crippen LogP contribution in [-0.2, 0) is 14.8 Å². The van der Waals surface area contributed by atoms with Gasteiger partial charge < -0.3 is 5.32 Å². The predicted molar refractivity (Wildman–Crippen MR) is 88.3 cm³/mol. The van der Waals surface area contributed by atoms with E-state index in [4.69, 9.17) is 0 Å². The largest absolute Gasteiger partial charge is 0.326 e. The van der Waals surface area contributed by atoms with Crippen molar-refractivity contribution in [2.24, 2.45) is 0 Å². The quantitative estimate of drug-likeness (QED) is 0.779. The van der Waals surface area contributed by atoms with E-state index >= 15 is 0 Å². The van der Waals surface area contributed by atoms with Crippen LogP contribution in [0.25, 0.3) is 0 Å². The highest BCUT2D eigenvalue weighted by atomic mass is 32.2. The normalized spacial score (nSPS) is 11.7. The van der Waals surface area contributed by atoms with E-state index in [0.29, 0.717) is 17.7 Å². The fourth-order valence-corrected chi connectivity index (χ4v) is 3.45. The Kier molecular flexibility index (Phi) is 6.70. The lowest BCUT2D eigenvalue weighted by molar-refractivity contribution is -0.115. The molecule has 7 heteroatoms. The molecule has 0 saturated carbocycles. The molecule has 0 heterocycles. The molecule has 0 atom stereocenters. The molecule has 0 fully saturated rings. The molecule has 118 valence electrons. The summed E-state index contributed by atoms with van der Waals surface area (Å²) in [5, 5.41) is 2.74. The summed E-state index contributed by atoms with van der Waals surface area (Å²) in [4.78, 5) is 12.0. The topological polar surface area (TPSA) is 66.5 Å². The summed E-state index contributed by atoms with van der Waals surface area (Å²) < 4.78 is 25.6. The number of nitrogens with one attached hydrogen (secondary N) is 1. The highest BCUT2D eigenvalue weighted by Gasteiger charge is 2.20. The zero-order valence-corrected chi connectivity index (χ0v) is 14.5. The highest BCUT2D eigenvalue weighted by Crippen LogP contribution is 2.22. The maximum atomic E-state index is 12.2. The van der Waals surface area contributed by atoms with E-state index < -0.39 is 10.0 Å². The van der Waals surface area contributed by atoms with Crippen molar-refractivity contribution in [1.82, 2.24) is 4.31 Å². The number of rotatable bonds is 7. The standard InChI is InChI=1S/C14H22N2O3S2/c1-5-20-9-8-14(17)15-12-7-6-11(2)13(10-12)21(18,19)16(3)4/h6-7,10H,5,8-9H2,1-4H3,(H,15,17). The molecule has 0 radical (unpaired) electrons. The number of amides is 1. The molecular weight excluding hydrogens is 308 g/mol. The lowest BCUT2D eigenvalue weighted by atomic mass is 10.2. The summed E-state index contributed by atoms with van der Waals surface area (Å²) in [6.45, 7) is 3.78. The van der Waals surface area contributed by atoms with Crippen molar-refractivity contribution in [2.45, 2.75) is 25.2 Å². The molecule has 21 heavy (non-hydrogen) atoms. The summed E-state index contributed by atoms with van der Waals surface area (Å²) in [5.74, 6) is 1.63. The Bertz CT molecular complexity index is 598. The Morgan fingerprint density at radius 2 is 2.00 bits per heavy atom. The molecule has 1 aromatic carbocycles. The van der Waals surface area contributed by atoms with Gasteiger partial charge in [0.1, 0.15) is 0 Å². The van der Waals surface area contributed by atoms with Gasteiger partial charge in [0.2, 0.25) is 15.9 Å². The minimum absolute atomic E-state index is 0.104. The predicted octanol–water partition coefficient (Wildman–Crippen LogP) is 2.33. The number of carbonyl (C=O) groups is 1. The Morgan fingerprint density at radius 3 is 2.57 bits per heavy atom. The Balaban J connectivity index is 2.90. The zero-order valence-electron chi connectivity index (χ0n) is 12.8. The van der Waals surface area contributed by atoms with Crippen molar-refractivity contribution >= 4 is 33.4 Å². The molecule has 5 nitrogen and oxygen atoms in total. The first-order chi connectivity index (χ1) is 9.78. The third-order valence-corrected chi connectivity index (χ3v) is 5.77. The van der Waals surface area contributed by atoms with Crippen LogP contribution in [0.2, 0.25) is 0 Å². The molecule has 1 amide bonds. The molecular formula is C14H22N2O3S2. The van der Waals surface area contributed by atoms with Crippen molar-refractivity contribution < 1.29 is 13.2 Å². The molecule has 0 aromatic heterocycles. The van der Waals surface area contributed by atoms with Gasteiger partial charge in [-0.25, -0.2) is 12.7 Å². The van der Waals surface area contributed by atoms with Gasteiger partial charge >= 0.3 is 0 Å². The van der Waals surface area contributed by atoms with Crippen LogP contribution >= 0.6 is 11.8 Å². The lowest BCUT2D eigenvalue weighted by Crippen LogP contribution is -2.23. The molecule has 0 saturated heterocycles. The second-order valence-corrected chi connectivity index (χ2v) is 8.28. The molecule has 0 unspecified atom stereocenters. The molecule has 0 bridgehead atoms. The van der Waals surface area contributed by atoms with E-state index in [1.807, 2.05) is 6.92 Å². The van der Waals surface area contributed by atoms with Crippen molar-refractivity contribution in [3.8, 4) is 0 Å². The number of nitrogens with zero attached hydrogens (tertiary/aromatic N) is 1. The van der Waals surface area contributed by atoms with Crippen LogP contribution in [0.4, 0.5) is 5.69 Å². The van der Waals surface area contributed by atoms with Crippen LogP contribution in [0, 0.1) is 6.92 Å². The van der Waals surface area contributed by atoms with Gasteiger partial charge in [0, 0.05) is 32.0 Å². The number of thioether (sulfide) groups is 1. The van der Waals surface area contributed by atoms with E-state index in [0.717, 1.165) is 11.5 Å². The number of sulfonamides is 1. The molecule has 1 N–H and O–H groups in total. The average Bonchev–Trinajstić information content (AvgIpc) is 2.41. The van der Waals surface area contributed by atoms with Gasteiger partial charge in [-0.2, -0.15) is 11.8 Å². The van der Waals surface area contributed by atoms with E-state index in [2.05, 4.69) is 5.32 Å². The van der Waals surface area contributed by atoms with E-state index in [-0.39, 0.29) is 10.8 Å². The minimum Gasteiger partial charge on any atom is -0.326 e. The van der Waals surface area contributed by atoms with Gasteiger partial charge in [-0.3, -0.25) is 4.79 Å². The first kappa shape index (κ1) is 18.0. The van der Waals surface area contributed by atoms with Gasteiger partial charge in [0.05, 0.1) is 4.90 Å². The van der Waals surface area contributed by atoms with Crippen molar-refractivity contribution in [1.29, 1.82) is 0 Å². The van der Waals surface area contributed by atoms with Crippen LogP contribution in [0.1, 0.15) is 18.9 Å². The van der Waals surface area contributed by atoms with Crippen LogP contribution in [0.3, 0.4) is 0 Å². The Hall–Kier alpha value is -1.05. The number of hydrogen-bond donors (Lipinski definition) is 1. The summed E-state index contributed by atoms with van der Waals surface area (Å²) in [6.07, 6.45) is 0.419. The van der Waals surface area contributed by atoms with Crippen molar-refractivity contribution in [3.05, 3.63) is 23.8 Å². The highest BCUT2D eigenvalue weighted by molar-refractivity contribution is 7.99. The molecule has 1 aromatic rings. The SMILES string of the molecule is CCSCCC(=O)Nc1ccc(C)c(S(=O)(=O)N(C)C)c1. The maximum Gasteiger partial charge on any atom is 0.242 e. The number of aryl methyl sites for hydroxylation is 1. The number of benzene rings is 1. The summed E-state index contributed by atoms with van der Waals surface area (Å²) in [5.41, 5.74) is 1.16. The van der Waals surface area contributed by atoms with Gasteiger partial charge in [-0.15, -0.1) is 0 Å². The monoisotopic (exact) mass is 330 g/mol. The lowest BCUT2D eigenvalue weighted by Gasteiger charge is -2.15. The smallest absolute Gasteiger partial charge is 0.242 e. The summed E-state index contributed by atoms with van der Waals surface area (Å²) in [7, 11) is -0.533. The van der Waals surface area contributed by atoms with Crippen LogP contribution in [0.5, 0.6) is 0 Å². The molecule has 0 aliphatic heterocycles. The van der Waals surface area contributed by atoms with Gasteiger partial charge in [-0.05, 0) is 30.4 Å². The molecule has 0 aliphatic rings. The van der Waals surface area contributed by atoms with Crippen LogP contribution in [0.15, 0.2) is 23.1 Å². The van der Waals surface area contributed by atoms with Gasteiger partial charge in [0.25, 0.3) is 0 Å². The number of carbonyl (C=O) groups excluding carboxylic acids is 1. The Labute approximate surface area is 131 Å². The fraction of sp³-hybridized carbons (Fsp3) is 0.500. The number of hydrogen-bond acceptors (Lipinski definition) is 4. The fourth-order valence-electron chi connectivity index (χ4n) is 1.69. The maximum absolute atomic E-state index is 12.2.